The molecule has 0 unspecified atom stereocenters. The molecule has 0 saturated carbocycles. The van der Waals surface area contributed by atoms with Crippen LogP contribution in [0.4, 0.5) is 5.69 Å². The van der Waals surface area contributed by atoms with Crippen LogP contribution in [0.1, 0.15) is 26.8 Å². The zero-order valence-electron chi connectivity index (χ0n) is 18.6. The fourth-order valence-corrected chi connectivity index (χ4v) is 4.80. The van der Waals surface area contributed by atoms with Crippen LogP contribution in [0.25, 0.3) is 22.0 Å². The maximum atomic E-state index is 13.1. The van der Waals surface area contributed by atoms with Crippen LogP contribution in [0.15, 0.2) is 82.7 Å². The van der Waals surface area contributed by atoms with Crippen molar-refractivity contribution in [1.29, 1.82) is 0 Å². The van der Waals surface area contributed by atoms with Gasteiger partial charge in [-0.1, -0.05) is 71.9 Å². The lowest BCUT2D eigenvalue weighted by molar-refractivity contribution is -0.115. The van der Waals surface area contributed by atoms with Gasteiger partial charge in [0.05, 0.1) is 16.2 Å². The summed E-state index contributed by atoms with van der Waals surface area (Å²) in [6.45, 7) is 5.66. The second-order valence-corrected chi connectivity index (χ2v) is 9.73. The van der Waals surface area contributed by atoms with Crippen LogP contribution in [-0.4, -0.2) is 20.7 Å². The maximum Gasteiger partial charge on any atom is 0.262 e. The van der Waals surface area contributed by atoms with Crippen molar-refractivity contribution in [2.24, 2.45) is 0 Å². The average Bonchev–Trinajstić information content (AvgIpc) is 2.79. The number of fused-ring (bicyclic) bond motifs is 1. The Morgan fingerprint density at radius 2 is 1.70 bits per heavy atom. The number of nitrogens with zero attached hydrogens (tertiary/aromatic N) is 2. The minimum Gasteiger partial charge on any atom is -0.325 e. The molecule has 0 fully saturated rings. The number of amides is 1. The highest BCUT2D eigenvalue weighted by atomic mass is 35.5. The molecule has 0 radical (unpaired) electrons. The van der Waals surface area contributed by atoms with Gasteiger partial charge in [-0.3, -0.25) is 14.2 Å². The lowest BCUT2D eigenvalue weighted by Crippen LogP contribution is -2.28. The molecule has 168 valence electrons. The van der Waals surface area contributed by atoms with E-state index in [1.165, 1.54) is 11.8 Å². The predicted molar refractivity (Wildman–Crippen MR) is 137 cm³/mol. The minimum atomic E-state index is -0.484. The van der Waals surface area contributed by atoms with Gasteiger partial charge in [-0.25, -0.2) is 4.98 Å². The zero-order chi connectivity index (χ0) is 23.5. The van der Waals surface area contributed by atoms with Crippen molar-refractivity contribution in [3.05, 3.63) is 88.2 Å². The van der Waals surface area contributed by atoms with Crippen LogP contribution in [0, 0.1) is 0 Å². The van der Waals surface area contributed by atoms with Crippen molar-refractivity contribution in [2.75, 3.05) is 5.32 Å². The summed E-state index contributed by atoms with van der Waals surface area (Å²) in [6, 6.07) is 22.6. The third-order valence-corrected chi connectivity index (χ3v) is 6.57. The normalized spacial score (nSPS) is 12.2. The molecule has 0 saturated heterocycles. The molecule has 1 amide bonds. The van der Waals surface area contributed by atoms with E-state index in [9.17, 15) is 9.59 Å². The summed E-state index contributed by atoms with van der Waals surface area (Å²) in [7, 11) is 0. The van der Waals surface area contributed by atoms with Crippen molar-refractivity contribution < 1.29 is 4.79 Å². The molecule has 4 rings (SSSR count). The molecular formula is C26H24ClN3O2S. The molecule has 0 aliphatic carbocycles. The molecule has 4 aromatic rings. The topological polar surface area (TPSA) is 64.0 Å². The van der Waals surface area contributed by atoms with Crippen LogP contribution < -0.4 is 10.9 Å². The Morgan fingerprint density at radius 3 is 2.42 bits per heavy atom. The van der Waals surface area contributed by atoms with Gasteiger partial charge in [0.1, 0.15) is 0 Å². The standard InChI is InChI=1S/C26H24ClN3O2S/c1-16(2)30-25(32)21-14-13-19(27)15-23(21)29-26(30)33-17(3)24(31)28-22-12-8-7-11-20(22)18-9-5-4-6-10-18/h4-17H,1-3H3,(H,28,31)/t17-/m0/s1. The molecule has 0 aliphatic heterocycles. The van der Waals surface area contributed by atoms with E-state index in [0.29, 0.717) is 21.1 Å². The van der Waals surface area contributed by atoms with Gasteiger partial charge < -0.3 is 5.32 Å². The molecule has 7 heteroatoms. The number of carbonyl (C=O) groups excluding carboxylic acids is 1. The third kappa shape index (κ3) is 4.97. The van der Waals surface area contributed by atoms with E-state index in [4.69, 9.17) is 11.6 Å². The van der Waals surface area contributed by atoms with Gasteiger partial charge in [-0.2, -0.15) is 0 Å². The number of benzene rings is 3. The number of para-hydroxylation sites is 1. The van der Waals surface area contributed by atoms with Gasteiger partial charge in [0, 0.05) is 22.3 Å². The van der Waals surface area contributed by atoms with E-state index in [1.807, 2.05) is 75.4 Å². The largest absolute Gasteiger partial charge is 0.325 e. The van der Waals surface area contributed by atoms with E-state index < -0.39 is 5.25 Å². The number of aromatic nitrogens is 2. The Balaban J connectivity index is 1.63. The molecule has 1 atom stereocenters. The van der Waals surface area contributed by atoms with Crippen LogP contribution in [0.3, 0.4) is 0 Å². The van der Waals surface area contributed by atoms with Crippen molar-refractivity contribution >= 4 is 45.9 Å². The van der Waals surface area contributed by atoms with Gasteiger partial charge in [-0.05, 0) is 50.6 Å². The molecule has 1 heterocycles. The number of hydrogen-bond donors (Lipinski definition) is 1. The summed E-state index contributed by atoms with van der Waals surface area (Å²) in [4.78, 5) is 30.9. The van der Waals surface area contributed by atoms with Crippen LogP contribution >= 0.6 is 23.4 Å². The smallest absolute Gasteiger partial charge is 0.262 e. The Labute approximate surface area is 201 Å². The van der Waals surface area contributed by atoms with Gasteiger partial charge in [0.15, 0.2) is 5.16 Å². The third-order valence-electron chi connectivity index (χ3n) is 5.27. The van der Waals surface area contributed by atoms with Gasteiger partial charge in [0.25, 0.3) is 5.56 Å². The second kappa shape index (κ2) is 9.81. The molecule has 1 aromatic heterocycles. The summed E-state index contributed by atoms with van der Waals surface area (Å²) in [5, 5.41) is 4.06. The summed E-state index contributed by atoms with van der Waals surface area (Å²) in [5.41, 5.74) is 3.09. The number of halogens is 1. The summed E-state index contributed by atoms with van der Waals surface area (Å²) < 4.78 is 1.63. The van der Waals surface area contributed by atoms with E-state index >= 15 is 0 Å². The molecule has 0 spiro atoms. The Kier molecular flexibility index (Phi) is 6.86. The number of hydrogen-bond acceptors (Lipinski definition) is 4. The van der Waals surface area contributed by atoms with E-state index in [-0.39, 0.29) is 17.5 Å². The molecule has 0 bridgehead atoms. The fourth-order valence-electron chi connectivity index (χ4n) is 3.60. The highest BCUT2D eigenvalue weighted by molar-refractivity contribution is 8.00. The molecule has 3 aromatic carbocycles. The van der Waals surface area contributed by atoms with Gasteiger partial charge >= 0.3 is 0 Å². The fraction of sp³-hybridized carbons (Fsp3) is 0.192. The predicted octanol–water partition coefficient (Wildman–Crippen LogP) is 6.42. The quantitative estimate of drug-likeness (QED) is 0.257. The molecule has 1 N–H and O–H groups in total. The number of rotatable bonds is 6. The SMILES string of the molecule is CC(C)n1c(S[C@@H](C)C(=O)Nc2ccccc2-c2ccccc2)nc2cc(Cl)ccc2c1=O. The number of carbonyl (C=O) groups is 1. The number of nitrogens with one attached hydrogen (secondary N) is 1. The second-order valence-electron chi connectivity index (χ2n) is 7.99. The zero-order valence-corrected chi connectivity index (χ0v) is 20.2. The molecular weight excluding hydrogens is 454 g/mol. The minimum absolute atomic E-state index is 0.110. The number of anilines is 1. The Bertz CT molecular complexity index is 1370. The summed E-state index contributed by atoms with van der Waals surface area (Å²) >= 11 is 7.38. The van der Waals surface area contributed by atoms with Crippen LogP contribution in [0.2, 0.25) is 5.02 Å². The highest BCUT2D eigenvalue weighted by Crippen LogP contribution is 2.30. The van der Waals surface area contributed by atoms with Crippen molar-refractivity contribution in [3.8, 4) is 11.1 Å². The van der Waals surface area contributed by atoms with Crippen molar-refractivity contribution in [2.45, 2.75) is 37.2 Å². The lowest BCUT2D eigenvalue weighted by atomic mass is 10.0. The monoisotopic (exact) mass is 477 g/mol. The highest BCUT2D eigenvalue weighted by Gasteiger charge is 2.21. The van der Waals surface area contributed by atoms with Crippen LogP contribution in [-0.2, 0) is 4.79 Å². The lowest BCUT2D eigenvalue weighted by Gasteiger charge is -2.19. The first kappa shape index (κ1) is 23.1. The maximum absolute atomic E-state index is 13.1. The van der Waals surface area contributed by atoms with E-state index in [0.717, 1.165) is 16.8 Å². The first-order valence-corrected chi connectivity index (χ1v) is 11.9. The van der Waals surface area contributed by atoms with E-state index in [2.05, 4.69) is 10.3 Å². The van der Waals surface area contributed by atoms with Gasteiger partial charge in [0.2, 0.25) is 5.91 Å². The molecule has 33 heavy (non-hydrogen) atoms. The summed E-state index contributed by atoms with van der Waals surface area (Å²) in [5.74, 6) is -0.167. The molecule has 5 nitrogen and oxygen atoms in total. The average molecular weight is 478 g/mol. The summed E-state index contributed by atoms with van der Waals surface area (Å²) in [6.07, 6.45) is 0. The Hall–Kier alpha value is -3.09. The molecule has 0 aliphatic rings. The van der Waals surface area contributed by atoms with Crippen LogP contribution in [0.5, 0.6) is 0 Å². The van der Waals surface area contributed by atoms with Crippen molar-refractivity contribution in [3.63, 3.8) is 0 Å². The first-order valence-electron chi connectivity index (χ1n) is 10.7. The van der Waals surface area contributed by atoms with Crippen molar-refractivity contribution in [1.82, 2.24) is 9.55 Å². The van der Waals surface area contributed by atoms with Gasteiger partial charge in [-0.15, -0.1) is 0 Å². The number of thioether (sulfide) groups is 1. The van der Waals surface area contributed by atoms with E-state index in [1.54, 1.807) is 22.8 Å². The first-order chi connectivity index (χ1) is 15.8. The Morgan fingerprint density at radius 1 is 1.00 bits per heavy atom.